The average molecular weight is 204 g/mol. The first-order chi connectivity index (χ1) is 7.22. The molecule has 2 aromatic rings. The molecule has 0 bridgehead atoms. The molecule has 0 aliphatic carbocycles. The van der Waals surface area contributed by atoms with Gasteiger partial charge in [0.05, 0.1) is 12.7 Å². The normalized spacial score (nSPS) is 10.2. The first kappa shape index (κ1) is 9.39. The van der Waals surface area contributed by atoms with Crippen LogP contribution in [-0.2, 0) is 0 Å². The van der Waals surface area contributed by atoms with Crippen molar-refractivity contribution in [1.29, 1.82) is 0 Å². The summed E-state index contributed by atoms with van der Waals surface area (Å²) < 4.78 is 5.06. The largest absolute Gasteiger partial charge is 0.494 e. The standard InChI is InChI=1S/C10H8N2O3/c1-15-8-3-6(10(13)14)2-7-4-11-5-12-9(7)8/h2-5H,1H3,(H,13,14). The maximum atomic E-state index is 10.8. The van der Waals surface area contributed by atoms with Crippen molar-refractivity contribution in [3.63, 3.8) is 0 Å². The Bertz CT molecular complexity index is 525. The van der Waals surface area contributed by atoms with Crippen LogP contribution in [0.1, 0.15) is 10.4 Å². The number of ether oxygens (including phenoxy) is 1. The maximum absolute atomic E-state index is 10.8. The van der Waals surface area contributed by atoms with Crippen LogP contribution in [0, 0.1) is 0 Å². The molecule has 2 rings (SSSR count). The summed E-state index contributed by atoms with van der Waals surface area (Å²) in [6, 6.07) is 2.96. The molecule has 0 amide bonds. The van der Waals surface area contributed by atoms with Gasteiger partial charge in [0.1, 0.15) is 17.6 Å². The van der Waals surface area contributed by atoms with E-state index in [4.69, 9.17) is 9.84 Å². The van der Waals surface area contributed by atoms with Crippen LogP contribution in [0.15, 0.2) is 24.7 Å². The van der Waals surface area contributed by atoms with Crippen molar-refractivity contribution in [3.8, 4) is 5.75 Å². The van der Waals surface area contributed by atoms with Crippen molar-refractivity contribution in [2.24, 2.45) is 0 Å². The van der Waals surface area contributed by atoms with Gasteiger partial charge in [0.2, 0.25) is 0 Å². The summed E-state index contributed by atoms with van der Waals surface area (Å²) in [7, 11) is 1.47. The Balaban J connectivity index is 2.77. The summed E-state index contributed by atoms with van der Waals surface area (Å²) in [5, 5.41) is 9.52. The van der Waals surface area contributed by atoms with E-state index in [-0.39, 0.29) is 5.56 Å². The Morgan fingerprint density at radius 2 is 2.27 bits per heavy atom. The number of rotatable bonds is 2. The van der Waals surface area contributed by atoms with E-state index in [1.165, 1.54) is 25.6 Å². The van der Waals surface area contributed by atoms with Gasteiger partial charge in [-0.3, -0.25) is 0 Å². The van der Waals surface area contributed by atoms with Gasteiger partial charge in [-0.25, -0.2) is 14.8 Å². The van der Waals surface area contributed by atoms with Crippen LogP contribution in [0.4, 0.5) is 0 Å². The average Bonchev–Trinajstić information content (AvgIpc) is 2.27. The summed E-state index contributed by atoms with van der Waals surface area (Å²) in [5.74, 6) is -0.564. The summed E-state index contributed by atoms with van der Waals surface area (Å²) >= 11 is 0. The molecule has 0 atom stereocenters. The Morgan fingerprint density at radius 3 is 2.93 bits per heavy atom. The lowest BCUT2D eigenvalue weighted by molar-refractivity contribution is 0.0696. The van der Waals surface area contributed by atoms with E-state index in [9.17, 15) is 4.79 Å². The third-order valence-corrected chi connectivity index (χ3v) is 2.04. The third kappa shape index (κ3) is 1.59. The number of carboxylic acids is 1. The highest BCUT2D eigenvalue weighted by Gasteiger charge is 2.09. The van der Waals surface area contributed by atoms with Crippen LogP contribution in [0.2, 0.25) is 0 Å². The van der Waals surface area contributed by atoms with Crippen LogP contribution in [0.25, 0.3) is 10.9 Å². The van der Waals surface area contributed by atoms with Gasteiger partial charge in [-0.05, 0) is 12.1 Å². The number of carboxylic acid groups (broad SMARTS) is 1. The highest BCUT2D eigenvalue weighted by molar-refractivity contribution is 5.95. The van der Waals surface area contributed by atoms with E-state index in [0.717, 1.165) is 0 Å². The molecule has 1 N–H and O–H groups in total. The molecule has 0 spiro atoms. The highest BCUT2D eigenvalue weighted by Crippen LogP contribution is 2.24. The van der Waals surface area contributed by atoms with Crippen molar-refractivity contribution in [2.45, 2.75) is 0 Å². The predicted molar refractivity (Wildman–Crippen MR) is 53.0 cm³/mol. The molecule has 15 heavy (non-hydrogen) atoms. The summed E-state index contributed by atoms with van der Waals surface area (Å²) in [5.41, 5.74) is 0.770. The number of carbonyl (C=O) groups is 1. The topological polar surface area (TPSA) is 72.3 Å². The molecule has 0 aliphatic heterocycles. The van der Waals surface area contributed by atoms with Crippen molar-refractivity contribution in [3.05, 3.63) is 30.2 Å². The fraction of sp³-hybridized carbons (Fsp3) is 0.100. The molecule has 0 unspecified atom stereocenters. The van der Waals surface area contributed by atoms with E-state index in [1.807, 2.05) is 0 Å². The van der Waals surface area contributed by atoms with E-state index in [0.29, 0.717) is 16.7 Å². The Hall–Kier alpha value is -2.17. The summed E-state index contributed by atoms with van der Waals surface area (Å²) in [6.07, 6.45) is 2.95. The Kier molecular flexibility index (Phi) is 2.21. The Labute approximate surface area is 85.4 Å². The van der Waals surface area contributed by atoms with Crippen molar-refractivity contribution >= 4 is 16.9 Å². The molecule has 1 aromatic carbocycles. The number of methoxy groups -OCH3 is 1. The number of aromatic nitrogens is 2. The lowest BCUT2D eigenvalue weighted by Gasteiger charge is -2.05. The fourth-order valence-corrected chi connectivity index (χ4v) is 1.35. The number of hydrogen-bond donors (Lipinski definition) is 1. The summed E-state index contributed by atoms with van der Waals surface area (Å²) in [4.78, 5) is 18.7. The lowest BCUT2D eigenvalue weighted by Crippen LogP contribution is -1.98. The molecule has 0 saturated heterocycles. The van der Waals surface area contributed by atoms with Gasteiger partial charge in [-0.1, -0.05) is 0 Å². The molecule has 5 heteroatoms. The van der Waals surface area contributed by atoms with E-state index < -0.39 is 5.97 Å². The Morgan fingerprint density at radius 1 is 1.47 bits per heavy atom. The summed E-state index contributed by atoms with van der Waals surface area (Å²) in [6.45, 7) is 0. The molecule has 0 aliphatic rings. The second kappa shape index (κ2) is 3.53. The van der Waals surface area contributed by atoms with Gasteiger partial charge >= 0.3 is 5.97 Å². The minimum Gasteiger partial charge on any atom is -0.494 e. The van der Waals surface area contributed by atoms with Gasteiger partial charge in [0.25, 0.3) is 0 Å². The van der Waals surface area contributed by atoms with Gasteiger partial charge in [0.15, 0.2) is 0 Å². The van der Waals surface area contributed by atoms with Crippen LogP contribution >= 0.6 is 0 Å². The molecule has 0 radical (unpaired) electrons. The minimum absolute atomic E-state index is 0.161. The quantitative estimate of drug-likeness (QED) is 0.799. The molecule has 1 aromatic heterocycles. The molecule has 1 heterocycles. The second-order valence-corrected chi connectivity index (χ2v) is 2.94. The van der Waals surface area contributed by atoms with Crippen LogP contribution in [-0.4, -0.2) is 28.2 Å². The molecule has 0 saturated carbocycles. The lowest BCUT2D eigenvalue weighted by atomic mass is 10.1. The monoisotopic (exact) mass is 204 g/mol. The zero-order chi connectivity index (χ0) is 10.8. The van der Waals surface area contributed by atoms with Crippen LogP contribution in [0.3, 0.4) is 0 Å². The molecular weight excluding hydrogens is 196 g/mol. The predicted octanol–water partition coefficient (Wildman–Crippen LogP) is 1.34. The SMILES string of the molecule is COc1cc(C(=O)O)cc2cncnc12. The third-order valence-electron chi connectivity index (χ3n) is 2.04. The van der Waals surface area contributed by atoms with Crippen molar-refractivity contribution in [2.75, 3.05) is 7.11 Å². The van der Waals surface area contributed by atoms with Crippen molar-refractivity contribution < 1.29 is 14.6 Å². The van der Waals surface area contributed by atoms with E-state index in [2.05, 4.69) is 9.97 Å². The fourth-order valence-electron chi connectivity index (χ4n) is 1.35. The van der Waals surface area contributed by atoms with Gasteiger partial charge in [0, 0.05) is 11.6 Å². The van der Waals surface area contributed by atoms with Crippen molar-refractivity contribution in [1.82, 2.24) is 9.97 Å². The van der Waals surface area contributed by atoms with Gasteiger partial charge in [-0.15, -0.1) is 0 Å². The first-order valence-corrected chi connectivity index (χ1v) is 4.23. The van der Waals surface area contributed by atoms with E-state index >= 15 is 0 Å². The number of fused-ring (bicyclic) bond motifs is 1. The zero-order valence-corrected chi connectivity index (χ0v) is 7.97. The maximum Gasteiger partial charge on any atom is 0.335 e. The minimum atomic E-state index is -1.00. The smallest absolute Gasteiger partial charge is 0.335 e. The molecular formula is C10H8N2O3. The van der Waals surface area contributed by atoms with E-state index in [1.54, 1.807) is 6.20 Å². The number of aromatic carboxylic acids is 1. The first-order valence-electron chi connectivity index (χ1n) is 4.23. The number of nitrogens with zero attached hydrogens (tertiary/aromatic N) is 2. The molecule has 76 valence electrons. The highest BCUT2D eigenvalue weighted by atomic mass is 16.5. The number of benzene rings is 1. The van der Waals surface area contributed by atoms with Crippen LogP contribution < -0.4 is 4.74 Å². The van der Waals surface area contributed by atoms with Crippen LogP contribution in [0.5, 0.6) is 5.75 Å². The zero-order valence-electron chi connectivity index (χ0n) is 7.97. The molecule has 5 nitrogen and oxygen atoms in total. The second-order valence-electron chi connectivity index (χ2n) is 2.94. The van der Waals surface area contributed by atoms with Gasteiger partial charge in [-0.2, -0.15) is 0 Å². The molecule has 0 fully saturated rings. The number of hydrogen-bond acceptors (Lipinski definition) is 4. The van der Waals surface area contributed by atoms with Gasteiger partial charge < -0.3 is 9.84 Å².